The van der Waals surface area contributed by atoms with Crippen LogP contribution in [0.15, 0.2) is 48.5 Å². The van der Waals surface area contributed by atoms with Crippen molar-refractivity contribution in [1.29, 1.82) is 0 Å². The van der Waals surface area contributed by atoms with Gasteiger partial charge in [-0.25, -0.2) is 9.18 Å². The molecule has 0 saturated heterocycles. The van der Waals surface area contributed by atoms with Gasteiger partial charge in [0.1, 0.15) is 18.2 Å². The maximum atomic E-state index is 12.8. The number of rotatable bonds is 6. The van der Waals surface area contributed by atoms with Gasteiger partial charge in [-0.3, -0.25) is 0 Å². The van der Waals surface area contributed by atoms with Gasteiger partial charge in [-0.2, -0.15) is 0 Å². The predicted molar refractivity (Wildman–Crippen MR) is 97.3 cm³/mol. The van der Waals surface area contributed by atoms with Crippen molar-refractivity contribution in [1.82, 2.24) is 10.6 Å². The highest BCUT2D eigenvalue weighted by molar-refractivity contribution is 5.73. The Morgan fingerprint density at radius 1 is 1.00 bits per heavy atom. The number of nitrogens with one attached hydrogen (secondary N) is 2. The normalized spacial score (nSPS) is 11.0. The second-order valence-electron chi connectivity index (χ2n) is 6.86. The van der Waals surface area contributed by atoms with Gasteiger partial charge in [-0.05, 0) is 40.8 Å². The van der Waals surface area contributed by atoms with E-state index < -0.39 is 0 Å². The molecule has 2 amide bonds. The average Bonchev–Trinajstić information content (AvgIpc) is 2.58. The van der Waals surface area contributed by atoms with Gasteiger partial charge in [-0.1, -0.05) is 45.0 Å². The first kappa shape index (κ1) is 18.8. The molecule has 5 heteroatoms. The number of urea groups is 1. The monoisotopic (exact) mass is 344 g/mol. The van der Waals surface area contributed by atoms with Crippen molar-refractivity contribution in [2.24, 2.45) is 0 Å². The van der Waals surface area contributed by atoms with Crippen molar-refractivity contribution < 1.29 is 13.9 Å². The lowest BCUT2D eigenvalue weighted by Crippen LogP contribution is -2.37. The number of benzene rings is 2. The molecule has 134 valence electrons. The van der Waals surface area contributed by atoms with E-state index in [1.54, 1.807) is 12.1 Å². The average molecular weight is 344 g/mol. The highest BCUT2D eigenvalue weighted by Gasteiger charge is 2.12. The molecule has 0 radical (unpaired) electrons. The lowest BCUT2D eigenvalue weighted by molar-refractivity contribution is 0.236. The third kappa shape index (κ3) is 6.45. The largest absolute Gasteiger partial charge is 0.492 e. The van der Waals surface area contributed by atoms with Crippen molar-refractivity contribution in [2.75, 3.05) is 13.2 Å². The summed E-state index contributed by atoms with van der Waals surface area (Å²) >= 11 is 0. The number of amides is 2. The standard InChI is InChI=1S/C20H25FN2O2/c1-20(2,3)16-6-10-18(11-7-16)25-13-12-22-19(24)23-14-15-4-8-17(21)9-5-15/h4-11H,12-14H2,1-3H3,(H2,22,23,24). The Morgan fingerprint density at radius 3 is 2.24 bits per heavy atom. The number of carbonyl (C=O) groups excluding carboxylic acids is 1. The quantitative estimate of drug-likeness (QED) is 0.778. The van der Waals surface area contributed by atoms with E-state index in [2.05, 4.69) is 43.5 Å². The second-order valence-corrected chi connectivity index (χ2v) is 6.86. The molecule has 2 rings (SSSR count). The number of halogens is 1. The molecule has 0 aliphatic heterocycles. The Morgan fingerprint density at radius 2 is 1.64 bits per heavy atom. The minimum Gasteiger partial charge on any atom is -0.492 e. The Bertz CT molecular complexity index is 676. The Hall–Kier alpha value is -2.56. The first-order valence-electron chi connectivity index (χ1n) is 8.34. The molecule has 25 heavy (non-hydrogen) atoms. The van der Waals surface area contributed by atoms with Crippen LogP contribution in [0.1, 0.15) is 31.9 Å². The Labute approximate surface area is 148 Å². The van der Waals surface area contributed by atoms with Gasteiger partial charge in [0.25, 0.3) is 0 Å². The third-order valence-corrected chi connectivity index (χ3v) is 3.74. The van der Waals surface area contributed by atoms with Gasteiger partial charge in [-0.15, -0.1) is 0 Å². The van der Waals surface area contributed by atoms with Crippen molar-refractivity contribution in [3.63, 3.8) is 0 Å². The number of hydrogen-bond acceptors (Lipinski definition) is 2. The zero-order valence-electron chi connectivity index (χ0n) is 14.9. The van der Waals surface area contributed by atoms with E-state index in [0.717, 1.165) is 11.3 Å². The smallest absolute Gasteiger partial charge is 0.315 e. The van der Waals surface area contributed by atoms with Crippen molar-refractivity contribution in [3.8, 4) is 5.75 Å². The molecular formula is C20H25FN2O2. The van der Waals surface area contributed by atoms with Crippen LogP contribution < -0.4 is 15.4 Å². The molecule has 0 bridgehead atoms. The minimum atomic E-state index is -0.291. The zero-order chi connectivity index (χ0) is 18.3. The summed E-state index contributed by atoms with van der Waals surface area (Å²) in [5.74, 6) is 0.488. The summed E-state index contributed by atoms with van der Waals surface area (Å²) in [6.45, 7) is 7.63. The van der Waals surface area contributed by atoms with Gasteiger partial charge >= 0.3 is 6.03 Å². The predicted octanol–water partition coefficient (Wildman–Crippen LogP) is 4.00. The maximum Gasteiger partial charge on any atom is 0.315 e. The van der Waals surface area contributed by atoms with Crippen LogP contribution >= 0.6 is 0 Å². The van der Waals surface area contributed by atoms with E-state index in [9.17, 15) is 9.18 Å². The van der Waals surface area contributed by atoms with Crippen LogP contribution in [-0.4, -0.2) is 19.2 Å². The van der Waals surface area contributed by atoms with Gasteiger partial charge in [0.2, 0.25) is 0 Å². The summed E-state index contributed by atoms with van der Waals surface area (Å²) in [5.41, 5.74) is 2.20. The van der Waals surface area contributed by atoms with E-state index in [1.165, 1.54) is 17.7 Å². The SMILES string of the molecule is CC(C)(C)c1ccc(OCCNC(=O)NCc2ccc(F)cc2)cc1. The highest BCUT2D eigenvalue weighted by Crippen LogP contribution is 2.24. The lowest BCUT2D eigenvalue weighted by Gasteiger charge is -2.19. The molecule has 0 heterocycles. The summed E-state index contributed by atoms with van der Waals surface area (Å²) in [4.78, 5) is 11.7. The number of ether oxygens (including phenoxy) is 1. The van der Waals surface area contributed by atoms with Crippen LogP contribution in [0.5, 0.6) is 5.75 Å². The topological polar surface area (TPSA) is 50.4 Å². The van der Waals surface area contributed by atoms with Crippen molar-refractivity contribution in [3.05, 3.63) is 65.5 Å². The fourth-order valence-corrected chi connectivity index (χ4v) is 2.23. The third-order valence-electron chi connectivity index (χ3n) is 3.74. The summed E-state index contributed by atoms with van der Waals surface area (Å²) in [6.07, 6.45) is 0. The Balaban J connectivity index is 1.65. The first-order chi connectivity index (χ1) is 11.8. The molecule has 0 aliphatic rings. The molecule has 0 atom stereocenters. The fraction of sp³-hybridized carbons (Fsp3) is 0.350. The zero-order valence-corrected chi connectivity index (χ0v) is 14.9. The molecule has 2 aromatic carbocycles. The Kier molecular flexibility index (Phi) is 6.39. The van der Waals surface area contributed by atoms with Crippen LogP contribution in [0.25, 0.3) is 0 Å². The van der Waals surface area contributed by atoms with Crippen LogP contribution in [0.2, 0.25) is 0 Å². The first-order valence-corrected chi connectivity index (χ1v) is 8.34. The number of hydrogen-bond donors (Lipinski definition) is 2. The van der Waals surface area contributed by atoms with Crippen LogP contribution in [0.3, 0.4) is 0 Å². The van der Waals surface area contributed by atoms with Gasteiger partial charge in [0.05, 0.1) is 6.54 Å². The molecule has 2 N–H and O–H groups in total. The number of carbonyl (C=O) groups is 1. The van der Waals surface area contributed by atoms with Crippen molar-refractivity contribution in [2.45, 2.75) is 32.7 Å². The van der Waals surface area contributed by atoms with E-state index >= 15 is 0 Å². The van der Waals surface area contributed by atoms with Crippen LogP contribution in [0, 0.1) is 5.82 Å². The van der Waals surface area contributed by atoms with E-state index in [4.69, 9.17) is 4.74 Å². The molecule has 0 aliphatic carbocycles. The summed E-state index contributed by atoms with van der Waals surface area (Å²) in [7, 11) is 0. The maximum absolute atomic E-state index is 12.8. The van der Waals surface area contributed by atoms with Gasteiger partial charge in [0.15, 0.2) is 0 Å². The molecule has 2 aromatic rings. The van der Waals surface area contributed by atoms with Gasteiger partial charge in [0, 0.05) is 6.54 Å². The van der Waals surface area contributed by atoms with Crippen molar-refractivity contribution >= 4 is 6.03 Å². The molecule has 0 spiro atoms. The van der Waals surface area contributed by atoms with E-state index in [0.29, 0.717) is 19.7 Å². The molecular weight excluding hydrogens is 319 g/mol. The minimum absolute atomic E-state index is 0.114. The molecule has 0 aromatic heterocycles. The summed E-state index contributed by atoms with van der Waals surface area (Å²) in [5, 5.41) is 5.43. The molecule has 0 saturated carbocycles. The summed E-state index contributed by atoms with van der Waals surface area (Å²) < 4.78 is 18.4. The molecule has 0 unspecified atom stereocenters. The van der Waals surface area contributed by atoms with Gasteiger partial charge < -0.3 is 15.4 Å². The second kappa shape index (κ2) is 8.51. The molecule has 0 fully saturated rings. The molecule has 4 nitrogen and oxygen atoms in total. The summed E-state index contributed by atoms with van der Waals surface area (Å²) in [6, 6.07) is 13.7. The highest BCUT2D eigenvalue weighted by atomic mass is 19.1. The lowest BCUT2D eigenvalue weighted by atomic mass is 9.87. The van der Waals surface area contributed by atoms with Crippen LogP contribution in [-0.2, 0) is 12.0 Å². The van der Waals surface area contributed by atoms with E-state index in [-0.39, 0.29) is 17.3 Å². The van der Waals surface area contributed by atoms with E-state index in [1.807, 2.05) is 12.1 Å². The fourth-order valence-electron chi connectivity index (χ4n) is 2.23. The van der Waals surface area contributed by atoms with Crippen LogP contribution in [0.4, 0.5) is 9.18 Å².